The number of halogens is 4. The predicted octanol–water partition coefficient (Wildman–Crippen LogP) is 3.04. The van der Waals surface area contributed by atoms with Crippen LogP contribution >= 0.6 is 0 Å². The van der Waals surface area contributed by atoms with Gasteiger partial charge in [-0.1, -0.05) is 12.1 Å². The third-order valence-electron chi connectivity index (χ3n) is 3.01. The summed E-state index contributed by atoms with van der Waals surface area (Å²) in [5, 5.41) is 8.47. The van der Waals surface area contributed by atoms with E-state index < -0.39 is 29.8 Å². The lowest BCUT2D eigenvalue weighted by Crippen LogP contribution is -2.31. The monoisotopic (exact) mass is 321 g/mol. The molecule has 0 aliphatic carbocycles. The van der Waals surface area contributed by atoms with Crippen LogP contribution in [0.25, 0.3) is 0 Å². The first kappa shape index (κ1) is 17.9. The standard InChI is InChI=1S/C14H15F4NO3/c1-19(8-2-3-11(20)21)13(22)12(15)9-4-6-10(7-5-9)14(16,17)18/h4-7,12H,2-3,8H2,1H3,(H,20,21). The normalized spacial score (nSPS) is 12.8. The molecule has 1 rings (SSSR count). The fraction of sp³-hybridized carbons (Fsp3) is 0.429. The fourth-order valence-electron chi connectivity index (χ4n) is 1.75. The van der Waals surface area contributed by atoms with Crippen molar-refractivity contribution in [1.82, 2.24) is 4.90 Å². The van der Waals surface area contributed by atoms with E-state index in [0.29, 0.717) is 12.1 Å². The maximum atomic E-state index is 14.0. The predicted molar refractivity (Wildman–Crippen MR) is 69.8 cm³/mol. The molecule has 0 aliphatic heterocycles. The minimum atomic E-state index is -4.53. The van der Waals surface area contributed by atoms with Crippen molar-refractivity contribution in [2.45, 2.75) is 25.2 Å². The lowest BCUT2D eigenvalue weighted by atomic mass is 10.1. The van der Waals surface area contributed by atoms with Crippen LogP contribution in [0.15, 0.2) is 24.3 Å². The zero-order valence-corrected chi connectivity index (χ0v) is 11.7. The highest BCUT2D eigenvalue weighted by molar-refractivity contribution is 5.82. The molecule has 1 aromatic rings. The van der Waals surface area contributed by atoms with E-state index in [0.717, 1.165) is 17.0 Å². The number of carbonyl (C=O) groups is 2. The number of likely N-dealkylation sites (N-methyl/N-ethyl adjacent to an activating group) is 1. The molecule has 122 valence electrons. The number of aliphatic carboxylic acids is 1. The van der Waals surface area contributed by atoms with Crippen molar-refractivity contribution in [3.05, 3.63) is 35.4 Å². The van der Waals surface area contributed by atoms with Gasteiger partial charge in [0, 0.05) is 20.0 Å². The lowest BCUT2D eigenvalue weighted by Gasteiger charge is -2.19. The summed E-state index contributed by atoms with van der Waals surface area (Å²) in [5.41, 5.74) is -1.10. The Morgan fingerprint density at radius 2 is 1.77 bits per heavy atom. The molecule has 0 fully saturated rings. The molecule has 0 radical (unpaired) electrons. The van der Waals surface area contributed by atoms with Crippen molar-refractivity contribution in [3.63, 3.8) is 0 Å². The van der Waals surface area contributed by atoms with E-state index in [9.17, 15) is 27.2 Å². The van der Waals surface area contributed by atoms with Gasteiger partial charge in [0.1, 0.15) is 0 Å². The molecule has 0 heterocycles. The molecule has 22 heavy (non-hydrogen) atoms. The quantitative estimate of drug-likeness (QED) is 0.819. The van der Waals surface area contributed by atoms with E-state index in [4.69, 9.17) is 5.11 Å². The maximum absolute atomic E-state index is 14.0. The molecule has 1 atom stereocenters. The average Bonchev–Trinajstić information content (AvgIpc) is 2.44. The molecule has 1 unspecified atom stereocenters. The second-order valence-electron chi connectivity index (χ2n) is 4.74. The van der Waals surface area contributed by atoms with Crippen molar-refractivity contribution >= 4 is 11.9 Å². The number of amides is 1. The molecule has 0 spiro atoms. The van der Waals surface area contributed by atoms with E-state index in [1.165, 1.54) is 7.05 Å². The van der Waals surface area contributed by atoms with Gasteiger partial charge in [0.15, 0.2) is 0 Å². The summed E-state index contributed by atoms with van der Waals surface area (Å²) in [6.45, 7) is 0.0478. The topological polar surface area (TPSA) is 57.6 Å². The van der Waals surface area contributed by atoms with Crippen molar-refractivity contribution < 1.29 is 32.3 Å². The van der Waals surface area contributed by atoms with Crippen LogP contribution in [-0.2, 0) is 15.8 Å². The summed E-state index contributed by atoms with van der Waals surface area (Å²) in [7, 11) is 1.31. The molecule has 0 saturated carbocycles. The first-order chi connectivity index (χ1) is 10.1. The average molecular weight is 321 g/mol. The van der Waals surface area contributed by atoms with E-state index in [2.05, 4.69) is 0 Å². The minimum absolute atomic E-state index is 0.0478. The van der Waals surface area contributed by atoms with Crippen LogP contribution in [-0.4, -0.2) is 35.5 Å². The molecule has 1 amide bonds. The van der Waals surface area contributed by atoms with Crippen LogP contribution in [0.5, 0.6) is 0 Å². The minimum Gasteiger partial charge on any atom is -0.481 e. The van der Waals surface area contributed by atoms with Crippen molar-refractivity contribution in [2.24, 2.45) is 0 Å². The lowest BCUT2D eigenvalue weighted by molar-refractivity contribution is -0.139. The maximum Gasteiger partial charge on any atom is 0.416 e. The third-order valence-corrected chi connectivity index (χ3v) is 3.01. The number of benzene rings is 1. The molecule has 0 aromatic heterocycles. The molecule has 4 nitrogen and oxygen atoms in total. The van der Waals surface area contributed by atoms with E-state index in [1.54, 1.807) is 0 Å². The smallest absolute Gasteiger partial charge is 0.416 e. The number of carboxylic acids is 1. The molecule has 1 aromatic carbocycles. The summed E-state index contributed by atoms with van der Waals surface area (Å²) >= 11 is 0. The van der Waals surface area contributed by atoms with Crippen molar-refractivity contribution in [1.29, 1.82) is 0 Å². The number of carboxylic acid groups (broad SMARTS) is 1. The molecule has 1 N–H and O–H groups in total. The number of carbonyl (C=O) groups excluding carboxylic acids is 1. The number of hydrogen-bond donors (Lipinski definition) is 1. The van der Waals surface area contributed by atoms with Gasteiger partial charge >= 0.3 is 12.1 Å². The fourth-order valence-corrected chi connectivity index (χ4v) is 1.75. The number of rotatable bonds is 6. The van der Waals surface area contributed by atoms with Gasteiger partial charge in [-0.3, -0.25) is 9.59 Å². The van der Waals surface area contributed by atoms with Crippen LogP contribution in [0.2, 0.25) is 0 Å². The second-order valence-corrected chi connectivity index (χ2v) is 4.74. The summed E-state index contributed by atoms with van der Waals surface area (Å²) in [6, 6.07) is 3.24. The molecule has 0 bridgehead atoms. The van der Waals surface area contributed by atoms with Crippen LogP contribution in [0.3, 0.4) is 0 Å². The van der Waals surface area contributed by atoms with Crippen LogP contribution in [0.4, 0.5) is 17.6 Å². The van der Waals surface area contributed by atoms with Crippen LogP contribution in [0.1, 0.15) is 30.1 Å². The molecule has 0 saturated heterocycles. The van der Waals surface area contributed by atoms with Crippen molar-refractivity contribution in [2.75, 3.05) is 13.6 Å². The summed E-state index contributed by atoms with van der Waals surface area (Å²) in [6.07, 6.45) is -6.61. The molecular formula is C14H15F4NO3. The highest BCUT2D eigenvalue weighted by Crippen LogP contribution is 2.30. The highest BCUT2D eigenvalue weighted by Gasteiger charge is 2.31. The zero-order valence-electron chi connectivity index (χ0n) is 11.7. The summed E-state index contributed by atoms with van der Waals surface area (Å²) in [4.78, 5) is 23.2. The zero-order chi connectivity index (χ0) is 16.9. The van der Waals surface area contributed by atoms with Crippen molar-refractivity contribution in [3.8, 4) is 0 Å². The van der Waals surface area contributed by atoms with Gasteiger partial charge in [0.2, 0.25) is 6.17 Å². The summed E-state index contributed by atoms with van der Waals surface area (Å²) in [5.74, 6) is -1.95. The van der Waals surface area contributed by atoms with Gasteiger partial charge in [0.05, 0.1) is 5.56 Å². The van der Waals surface area contributed by atoms with Gasteiger partial charge in [-0.15, -0.1) is 0 Å². The first-order valence-corrected chi connectivity index (χ1v) is 6.41. The Balaban J connectivity index is 2.68. The number of alkyl halides is 4. The Bertz CT molecular complexity index is 528. The second kappa shape index (κ2) is 7.24. The van der Waals surface area contributed by atoms with Crippen LogP contribution in [0, 0.1) is 0 Å². The van der Waals surface area contributed by atoms with Gasteiger partial charge in [-0.2, -0.15) is 13.2 Å². The Morgan fingerprint density at radius 3 is 2.23 bits per heavy atom. The third kappa shape index (κ3) is 5.01. The molecule has 0 aliphatic rings. The largest absolute Gasteiger partial charge is 0.481 e. The van der Waals surface area contributed by atoms with Crippen LogP contribution < -0.4 is 0 Å². The first-order valence-electron chi connectivity index (χ1n) is 6.41. The Morgan fingerprint density at radius 1 is 1.23 bits per heavy atom. The van der Waals surface area contributed by atoms with E-state index >= 15 is 0 Å². The Labute approximate surface area is 124 Å². The Kier molecular flexibility index (Phi) is 5.90. The van der Waals surface area contributed by atoms with E-state index in [1.807, 2.05) is 0 Å². The number of hydrogen-bond acceptors (Lipinski definition) is 2. The van der Waals surface area contributed by atoms with Gasteiger partial charge < -0.3 is 10.0 Å². The van der Waals surface area contributed by atoms with Gasteiger partial charge in [-0.25, -0.2) is 4.39 Å². The SMILES string of the molecule is CN(CCCC(=O)O)C(=O)C(F)c1ccc(C(F)(F)F)cc1. The highest BCUT2D eigenvalue weighted by atomic mass is 19.4. The number of nitrogens with zero attached hydrogens (tertiary/aromatic N) is 1. The van der Waals surface area contributed by atoms with Gasteiger partial charge in [0.25, 0.3) is 5.91 Å². The van der Waals surface area contributed by atoms with Gasteiger partial charge in [-0.05, 0) is 24.1 Å². The molecule has 8 heteroatoms. The van der Waals surface area contributed by atoms with E-state index in [-0.39, 0.29) is 24.9 Å². The Hall–Kier alpha value is -2.12. The summed E-state index contributed by atoms with van der Waals surface area (Å²) < 4.78 is 51.2. The molecular weight excluding hydrogens is 306 g/mol.